The highest BCUT2D eigenvalue weighted by Gasteiger charge is 2.09. The molecule has 1 aromatic heterocycles. The van der Waals surface area contributed by atoms with Crippen molar-refractivity contribution in [3.05, 3.63) is 72.3 Å². The summed E-state index contributed by atoms with van der Waals surface area (Å²) in [5.41, 5.74) is 0. The SMILES string of the molecule is O=C(CCc1nnc(CNC(=O)Oc2ccccc2)nn1)Oc1ccccc1. The van der Waals surface area contributed by atoms with E-state index >= 15 is 0 Å². The maximum Gasteiger partial charge on any atom is 0.412 e. The Morgan fingerprint density at radius 3 is 1.89 bits per heavy atom. The van der Waals surface area contributed by atoms with Gasteiger partial charge in [0, 0.05) is 6.42 Å². The lowest BCUT2D eigenvalue weighted by molar-refractivity contribution is -0.134. The van der Waals surface area contributed by atoms with Gasteiger partial charge >= 0.3 is 12.1 Å². The number of amides is 1. The lowest BCUT2D eigenvalue weighted by Gasteiger charge is -2.05. The Kier molecular flexibility index (Phi) is 6.56. The minimum atomic E-state index is -0.637. The maximum atomic E-state index is 11.8. The highest BCUT2D eigenvalue weighted by atomic mass is 16.6. The van der Waals surface area contributed by atoms with Crippen LogP contribution >= 0.6 is 0 Å². The molecule has 0 saturated carbocycles. The van der Waals surface area contributed by atoms with E-state index in [1.807, 2.05) is 12.1 Å². The predicted octanol–water partition coefficient (Wildman–Crippen LogP) is 2.09. The number of carbonyl (C=O) groups is 2. The van der Waals surface area contributed by atoms with Crippen LogP contribution in [0.25, 0.3) is 0 Å². The normalized spacial score (nSPS) is 10.1. The largest absolute Gasteiger partial charge is 0.427 e. The first-order valence-electron chi connectivity index (χ1n) is 8.50. The van der Waals surface area contributed by atoms with Crippen molar-refractivity contribution in [3.63, 3.8) is 0 Å². The van der Waals surface area contributed by atoms with E-state index in [4.69, 9.17) is 9.47 Å². The molecule has 0 radical (unpaired) electrons. The van der Waals surface area contributed by atoms with Crippen molar-refractivity contribution in [1.82, 2.24) is 25.7 Å². The number of benzene rings is 2. The average Bonchev–Trinajstić information content (AvgIpc) is 2.73. The smallest absolute Gasteiger partial charge is 0.412 e. The molecule has 0 atom stereocenters. The van der Waals surface area contributed by atoms with Gasteiger partial charge in [-0.15, -0.1) is 20.4 Å². The molecule has 1 amide bonds. The van der Waals surface area contributed by atoms with E-state index in [-0.39, 0.29) is 25.2 Å². The van der Waals surface area contributed by atoms with Crippen LogP contribution in [-0.4, -0.2) is 32.5 Å². The van der Waals surface area contributed by atoms with Gasteiger partial charge in [0.2, 0.25) is 0 Å². The number of nitrogens with one attached hydrogen (secondary N) is 1. The van der Waals surface area contributed by atoms with Crippen molar-refractivity contribution >= 4 is 12.1 Å². The summed E-state index contributed by atoms with van der Waals surface area (Å²) in [6.45, 7) is 0.0159. The van der Waals surface area contributed by atoms with Crippen LogP contribution in [0.5, 0.6) is 11.5 Å². The third kappa shape index (κ3) is 6.13. The van der Waals surface area contributed by atoms with E-state index in [0.717, 1.165) is 0 Å². The maximum absolute atomic E-state index is 11.8. The molecule has 9 heteroatoms. The van der Waals surface area contributed by atoms with Crippen molar-refractivity contribution in [2.24, 2.45) is 0 Å². The second-order valence-corrected chi connectivity index (χ2v) is 5.58. The summed E-state index contributed by atoms with van der Waals surface area (Å²) in [7, 11) is 0. The number of hydrogen-bond acceptors (Lipinski definition) is 8. The van der Waals surface area contributed by atoms with Gasteiger partial charge in [-0.3, -0.25) is 4.79 Å². The molecule has 0 aliphatic heterocycles. The number of hydrogen-bond donors (Lipinski definition) is 1. The summed E-state index contributed by atoms with van der Waals surface area (Å²) in [5.74, 6) is 1.04. The molecule has 0 bridgehead atoms. The van der Waals surface area contributed by atoms with Crippen LogP contribution in [0.15, 0.2) is 60.7 Å². The Balaban J connectivity index is 1.40. The fourth-order valence-corrected chi connectivity index (χ4v) is 2.11. The monoisotopic (exact) mass is 379 g/mol. The van der Waals surface area contributed by atoms with Crippen LogP contribution in [0.3, 0.4) is 0 Å². The molecular weight excluding hydrogens is 362 g/mol. The highest BCUT2D eigenvalue weighted by Crippen LogP contribution is 2.10. The first-order valence-corrected chi connectivity index (χ1v) is 8.50. The Hall–Kier alpha value is -3.88. The Bertz CT molecular complexity index is 828. The number of aryl methyl sites for hydroxylation is 1. The summed E-state index contributed by atoms with van der Waals surface area (Å²) in [6, 6.07) is 17.4. The lowest BCUT2D eigenvalue weighted by Crippen LogP contribution is -2.27. The zero-order valence-corrected chi connectivity index (χ0v) is 14.8. The number of ether oxygens (including phenoxy) is 2. The van der Waals surface area contributed by atoms with Crippen molar-refractivity contribution < 1.29 is 19.1 Å². The number of para-hydroxylation sites is 2. The minimum absolute atomic E-state index is 0.0159. The van der Waals surface area contributed by atoms with E-state index in [0.29, 0.717) is 17.3 Å². The molecule has 0 spiro atoms. The molecule has 28 heavy (non-hydrogen) atoms. The molecule has 3 rings (SSSR count). The van der Waals surface area contributed by atoms with Crippen LogP contribution in [-0.2, 0) is 17.8 Å². The van der Waals surface area contributed by atoms with Gasteiger partial charge in [-0.05, 0) is 24.3 Å². The Morgan fingerprint density at radius 1 is 0.750 bits per heavy atom. The second-order valence-electron chi connectivity index (χ2n) is 5.58. The molecule has 142 valence electrons. The molecule has 0 saturated heterocycles. The fraction of sp³-hybridized carbons (Fsp3) is 0.158. The van der Waals surface area contributed by atoms with Crippen LogP contribution in [0.2, 0.25) is 0 Å². The van der Waals surface area contributed by atoms with Crippen LogP contribution in [0, 0.1) is 0 Å². The van der Waals surface area contributed by atoms with Crippen molar-refractivity contribution in [2.45, 2.75) is 19.4 Å². The van der Waals surface area contributed by atoms with Gasteiger partial charge in [-0.1, -0.05) is 36.4 Å². The van der Waals surface area contributed by atoms with Gasteiger partial charge in [0.25, 0.3) is 0 Å². The number of aromatic nitrogens is 4. The highest BCUT2D eigenvalue weighted by molar-refractivity contribution is 5.72. The number of carbonyl (C=O) groups excluding carboxylic acids is 2. The topological polar surface area (TPSA) is 116 Å². The van der Waals surface area contributed by atoms with E-state index in [9.17, 15) is 9.59 Å². The molecule has 1 heterocycles. The number of esters is 1. The summed E-state index contributed by atoms with van der Waals surface area (Å²) in [5, 5.41) is 18.0. The zero-order valence-electron chi connectivity index (χ0n) is 14.8. The van der Waals surface area contributed by atoms with Gasteiger partial charge < -0.3 is 14.8 Å². The third-order valence-electron chi connectivity index (χ3n) is 3.43. The number of rotatable bonds is 7. The van der Waals surface area contributed by atoms with E-state index in [2.05, 4.69) is 25.7 Å². The summed E-state index contributed by atoms with van der Waals surface area (Å²) in [4.78, 5) is 23.5. The van der Waals surface area contributed by atoms with Crippen LogP contribution < -0.4 is 14.8 Å². The van der Waals surface area contributed by atoms with Crippen LogP contribution in [0.1, 0.15) is 18.1 Å². The third-order valence-corrected chi connectivity index (χ3v) is 3.43. The summed E-state index contributed by atoms with van der Waals surface area (Å²) in [6.07, 6.45) is -0.295. The van der Waals surface area contributed by atoms with E-state index in [1.165, 1.54) is 0 Å². The molecule has 2 aromatic carbocycles. The number of nitrogens with zero attached hydrogens (tertiary/aromatic N) is 4. The molecule has 3 aromatic rings. The average molecular weight is 379 g/mol. The molecular formula is C19H17N5O4. The van der Waals surface area contributed by atoms with Gasteiger partial charge in [0.1, 0.15) is 11.5 Å². The lowest BCUT2D eigenvalue weighted by atomic mass is 10.3. The van der Waals surface area contributed by atoms with E-state index < -0.39 is 12.1 Å². The van der Waals surface area contributed by atoms with E-state index in [1.54, 1.807) is 48.5 Å². The van der Waals surface area contributed by atoms with Gasteiger partial charge in [0.05, 0.1) is 13.0 Å². The van der Waals surface area contributed by atoms with Gasteiger partial charge in [-0.25, -0.2) is 4.79 Å². The minimum Gasteiger partial charge on any atom is -0.427 e. The molecule has 0 aliphatic rings. The van der Waals surface area contributed by atoms with Gasteiger partial charge in [-0.2, -0.15) is 0 Å². The second kappa shape index (κ2) is 9.72. The molecule has 0 unspecified atom stereocenters. The molecule has 9 nitrogen and oxygen atoms in total. The van der Waals surface area contributed by atoms with Crippen LogP contribution in [0.4, 0.5) is 4.79 Å². The van der Waals surface area contributed by atoms with Gasteiger partial charge in [0.15, 0.2) is 11.6 Å². The Labute approximate surface area is 160 Å². The van der Waals surface area contributed by atoms with Crippen molar-refractivity contribution in [2.75, 3.05) is 0 Å². The molecule has 0 fully saturated rings. The first-order chi connectivity index (χ1) is 13.7. The summed E-state index contributed by atoms with van der Waals surface area (Å²) >= 11 is 0. The zero-order chi connectivity index (χ0) is 19.6. The predicted molar refractivity (Wildman–Crippen MR) is 97.3 cm³/mol. The Morgan fingerprint density at radius 2 is 1.29 bits per heavy atom. The van der Waals surface area contributed by atoms with Crippen molar-refractivity contribution in [3.8, 4) is 11.5 Å². The molecule has 1 N–H and O–H groups in total. The quantitative estimate of drug-likeness (QED) is 0.490. The first kappa shape index (κ1) is 18.9. The van der Waals surface area contributed by atoms with Crippen molar-refractivity contribution in [1.29, 1.82) is 0 Å². The fourth-order valence-electron chi connectivity index (χ4n) is 2.11. The summed E-state index contributed by atoms with van der Waals surface area (Å²) < 4.78 is 10.3. The standard InChI is InChI=1S/C19H17N5O4/c25-18(27-14-7-3-1-4-8-14)12-11-16-21-23-17(24-22-16)13-20-19(26)28-15-9-5-2-6-10-15/h1-10H,11-13H2,(H,20,26). The molecule has 0 aliphatic carbocycles.